The monoisotopic (exact) mass is 216 g/mol. The molecule has 0 spiro atoms. The van der Waals surface area contributed by atoms with Crippen molar-refractivity contribution in [2.45, 2.75) is 6.92 Å². The summed E-state index contributed by atoms with van der Waals surface area (Å²) >= 11 is 0. The van der Waals surface area contributed by atoms with Gasteiger partial charge in [-0.25, -0.2) is 0 Å². The average molecular weight is 217 g/mol. The third-order valence-electron chi connectivity index (χ3n) is 1.31. The van der Waals surface area contributed by atoms with E-state index < -0.39 is 0 Å². The molecule has 0 atom stereocenters. The molecule has 1 aromatic rings. The summed E-state index contributed by atoms with van der Waals surface area (Å²) in [5.74, 6) is 0.956. The van der Waals surface area contributed by atoms with Gasteiger partial charge in [-0.1, -0.05) is 18.2 Å². The van der Waals surface area contributed by atoms with E-state index in [1.54, 1.807) is 7.11 Å². The number of hydrogen-bond donors (Lipinski definition) is 0. The number of aryl methyl sites for hydroxylation is 1. The molecule has 0 aliphatic rings. The summed E-state index contributed by atoms with van der Waals surface area (Å²) in [6.07, 6.45) is 0. The van der Waals surface area contributed by atoms with Gasteiger partial charge in [-0.3, -0.25) is 0 Å². The first-order chi connectivity index (χ1) is 4.34. The molecule has 1 rings (SSSR count). The van der Waals surface area contributed by atoms with Gasteiger partial charge in [0.15, 0.2) is 0 Å². The molecule has 0 bridgehead atoms. The van der Waals surface area contributed by atoms with E-state index in [-0.39, 0.29) is 47.9 Å². The van der Waals surface area contributed by atoms with E-state index in [0.717, 1.165) is 5.75 Å². The summed E-state index contributed by atoms with van der Waals surface area (Å²) in [6.45, 7) is 2.03. The number of hydrogen-bond acceptors (Lipinski definition) is 1. The Kier molecular flexibility index (Phi) is 14.3. The molecule has 0 unspecified atom stereocenters. The topological polar surface area (TPSA) is 9.23 Å². The summed E-state index contributed by atoms with van der Waals surface area (Å²) < 4.78 is 5.04. The van der Waals surface area contributed by atoms with Crippen molar-refractivity contribution in [1.29, 1.82) is 0 Å². The molecule has 64 valence electrons. The van der Waals surface area contributed by atoms with E-state index in [4.69, 9.17) is 4.74 Å². The van der Waals surface area contributed by atoms with E-state index >= 15 is 0 Å². The van der Waals surface area contributed by atoms with Crippen molar-refractivity contribution in [2.24, 2.45) is 0 Å². The van der Waals surface area contributed by atoms with E-state index in [1.165, 1.54) is 5.56 Å². The minimum absolute atomic E-state index is 0. The van der Waals surface area contributed by atoms with Crippen molar-refractivity contribution in [2.75, 3.05) is 7.11 Å². The summed E-state index contributed by atoms with van der Waals surface area (Å²) in [5, 5.41) is 0. The Morgan fingerprint density at radius 1 is 1.08 bits per heavy atom. The zero-order chi connectivity index (χ0) is 6.69. The number of ether oxygens (including phenoxy) is 1. The number of halogens is 2. The minimum atomic E-state index is 0. The first-order valence-corrected chi connectivity index (χ1v) is 2.94. The SMILES string of the molecule is COc1ccccc1C.[Cl-].[Cl-].[Mg+2]. The van der Waals surface area contributed by atoms with Crippen LogP contribution < -0.4 is 29.6 Å². The van der Waals surface area contributed by atoms with E-state index in [2.05, 4.69) is 0 Å². The minimum Gasteiger partial charge on any atom is -1.00 e. The van der Waals surface area contributed by atoms with Crippen LogP contribution in [-0.2, 0) is 0 Å². The molecule has 4 heteroatoms. The normalized spacial score (nSPS) is 6.83. The molecule has 0 radical (unpaired) electrons. The molecule has 0 aliphatic heterocycles. The Morgan fingerprint density at radius 3 is 1.92 bits per heavy atom. The van der Waals surface area contributed by atoms with E-state index in [9.17, 15) is 0 Å². The van der Waals surface area contributed by atoms with Crippen LogP contribution >= 0.6 is 0 Å². The second-order valence-corrected chi connectivity index (χ2v) is 1.97. The fourth-order valence-electron chi connectivity index (χ4n) is 0.785. The van der Waals surface area contributed by atoms with Gasteiger partial charge in [-0.05, 0) is 18.6 Å². The third-order valence-corrected chi connectivity index (χ3v) is 1.31. The Bertz CT molecular complexity index is 206. The first-order valence-electron chi connectivity index (χ1n) is 2.94. The maximum Gasteiger partial charge on any atom is 2.00 e. The van der Waals surface area contributed by atoms with Crippen molar-refractivity contribution in [3.8, 4) is 5.75 Å². The van der Waals surface area contributed by atoms with Gasteiger partial charge >= 0.3 is 23.1 Å². The van der Waals surface area contributed by atoms with Gasteiger partial charge in [-0.2, -0.15) is 0 Å². The van der Waals surface area contributed by atoms with Crippen LogP contribution in [0.4, 0.5) is 0 Å². The van der Waals surface area contributed by atoms with Crippen molar-refractivity contribution in [1.82, 2.24) is 0 Å². The maximum absolute atomic E-state index is 5.04. The van der Waals surface area contributed by atoms with Gasteiger partial charge in [0.2, 0.25) is 0 Å². The maximum atomic E-state index is 5.04. The molecular weight excluding hydrogens is 207 g/mol. The van der Waals surface area contributed by atoms with E-state index in [0.29, 0.717) is 0 Å². The zero-order valence-corrected chi connectivity index (χ0v) is 10.1. The van der Waals surface area contributed by atoms with Crippen molar-refractivity contribution in [3.05, 3.63) is 29.8 Å². The molecule has 0 aromatic heterocycles. The fourth-order valence-corrected chi connectivity index (χ4v) is 0.785. The molecule has 0 aliphatic carbocycles. The van der Waals surface area contributed by atoms with Gasteiger partial charge in [-0.15, -0.1) is 0 Å². The second kappa shape index (κ2) is 9.45. The number of benzene rings is 1. The smallest absolute Gasteiger partial charge is 1.00 e. The second-order valence-electron chi connectivity index (χ2n) is 1.97. The summed E-state index contributed by atoms with van der Waals surface area (Å²) in [7, 11) is 1.68. The summed E-state index contributed by atoms with van der Waals surface area (Å²) in [4.78, 5) is 0. The van der Waals surface area contributed by atoms with Crippen molar-refractivity contribution >= 4 is 23.1 Å². The number of methoxy groups -OCH3 is 1. The van der Waals surface area contributed by atoms with E-state index in [1.807, 2.05) is 31.2 Å². The largest absolute Gasteiger partial charge is 2.00 e. The fraction of sp³-hybridized carbons (Fsp3) is 0.250. The molecule has 0 heterocycles. The third kappa shape index (κ3) is 5.09. The molecule has 1 aromatic carbocycles. The van der Waals surface area contributed by atoms with Gasteiger partial charge in [0.1, 0.15) is 5.75 Å². The number of para-hydroxylation sites is 1. The van der Waals surface area contributed by atoms with Crippen LogP contribution in [0.3, 0.4) is 0 Å². The Morgan fingerprint density at radius 2 is 1.58 bits per heavy atom. The molecule has 12 heavy (non-hydrogen) atoms. The van der Waals surface area contributed by atoms with Crippen LogP contribution in [0, 0.1) is 6.92 Å². The Labute approximate surface area is 102 Å². The van der Waals surface area contributed by atoms with Gasteiger partial charge < -0.3 is 29.6 Å². The molecule has 0 fully saturated rings. The molecular formula is C8H10Cl2MgO. The Hall–Kier alpha value is 0.366. The van der Waals surface area contributed by atoms with Crippen LogP contribution in [0.25, 0.3) is 0 Å². The van der Waals surface area contributed by atoms with Gasteiger partial charge in [0.25, 0.3) is 0 Å². The number of rotatable bonds is 1. The molecule has 1 nitrogen and oxygen atoms in total. The van der Waals surface area contributed by atoms with Crippen LogP contribution in [0.1, 0.15) is 5.56 Å². The summed E-state index contributed by atoms with van der Waals surface area (Å²) in [5.41, 5.74) is 1.18. The Balaban J connectivity index is -0.000000270. The van der Waals surface area contributed by atoms with Crippen molar-refractivity contribution in [3.63, 3.8) is 0 Å². The van der Waals surface area contributed by atoms with Gasteiger partial charge in [0.05, 0.1) is 7.11 Å². The predicted octanol–water partition coefficient (Wildman–Crippen LogP) is -4.37. The summed E-state index contributed by atoms with van der Waals surface area (Å²) in [6, 6.07) is 7.94. The quantitative estimate of drug-likeness (QED) is 0.432. The van der Waals surface area contributed by atoms with Crippen LogP contribution in [0.5, 0.6) is 5.75 Å². The average Bonchev–Trinajstić information content (AvgIpc) is 1.89. The van der Waals surface area contributed by atoms with Gasteiger partial charge in [0, 0.05) is 0 Å². The molecule has 0 amide bonds. The van der Waals surface area contributed by atoms with Crippen molar-refractivity contribution < 1.29 is 29.6 Å². The van der Waals surface area contributed by atoms with Crippen LogP contribution in [0.2, 0.25) is 0 Å². The van der Waals surface area contributed by atoms with Crippen LogP contribution in [-0.4, -0.2) is 30.2 Å². The predicted molar refractivity (Wildman–Crippen MR) is 43.5 cm³/mol. The first kappa shape index (κ1) is 18.2. The molecule has 0 N–H and O–H groups in total. The molecule has 0 saturated heterocycles. The standard InChI is InChI=1S/C8H10O.2ClH.Mg/c1-7-5-3-4-6-8(7)9-2;;;/h3-6H,1-2H3;2*1H;/q;;;+2/p-2. The molecule has 0 saturated carbocycles. The van der Waals surface area contributed by atoms with Crippen LogP contribution in [0.15, 0.2) is 24.3 Å². The zero-order valence-electron chi connectivity index (χ0n) is 7.18.